The molecule has 0 spiro atoms. The monoisotopic (exact) mass is 400 g/mol. The van der Waals surface area contributed by atoms with E-state index in [1.807, 2.05) is 0 Å². The molecule has 0 bridgehead atoms. The van der Waals surface area contributed by atoms with Gasteiger partial charge in [0.25, 0.3) is 0 Å². The summed E-state index contributed by atoms with van der Waals surface area (Å²) in [5.41, 5.74) is 0. The molecule has 1 rings (SSSR count). The zero-order valence-corrected chi connectivity index (χ0v) is 17.1. The molecule has 2 atom stereocenters. The largest absolute Gasteiger partial charge is 0.480 e. The second-order valence-electron chi connectivity index (χ2n) is 7.59. The normalized spacial score (nSPS) is 19.5. The van der Waals surface area contributed by atoms with Crippen LogP contribution in [0.3, 0.4) is 0 Å². The SMILES string of the molecule is CN(C)C(=O)CN(CC(=O)O)C1CCCCC1N(CC(=O)O)CC(=O)N(C)C. The molecular formula is C18H32N4O6. The quantitative estimate of drug-likeness (QED) is 0.491. The highest BCUT2D eigenvalue weighted by atomic mass is 16.4. The summed E-state index contributed by atoms with van der Waals surface area (Å²) in [7, 11) is 6.41. The summed E-state index contributed by atoms with van der Waals surface area (Å²) in [4.78, 5) is 53.2. The Morgan fingerprint density at radius 1 is 0.679 bits per heavy atom. The van der Waals surface area contributed by atoms with E-state index < -0.39 is 11.9 Å². The topological polar surface area (TPSA) is 122 Å². The van der Waals surface area contributed by atoms with Crippen molar-refractivity contribution in [1.29, 1.82) is 0 Å². The van der Waals surface area contributed by atoms with Gasteiger partial charge in [-0.25, -0.2) is 0 Å². The first kappa shape index (κ1) is 23.8. The number of hydrogen-bond donors (Lipinski definition) is 2. The Morgan fingerprint density at radius 3 is 1.25 bits per heavy atom. The molecule has 1 aliphatic carbocycles. The second-order valence-corrected chi connectivity index (χ2v) is 7.59. The van der Waals surface area contributed by atoms with E-state index in [1.54, 1.807) is 38.0 Å². The van der Waals surface area contributed by atoms with Crippen LogP contribution in [0.4, 0.5) is 0 Å². The second kappa shape index (κ2) is 11.0. The standard InChI is InChI=1S/C18H32N4O6/c1-19(2)15(23)9-21(11-17(25)26)13-7-5-6-8-14(13)22(12-18(27)28)10-16(24)20(3)4/h13-14H,5-12H2,1-4H3,(H,25,26)(H,27,28). The first-order valence-electron chi connectivity index (χ1n) is 9.35. The lowest BCUT2D eigenvalue weighted by molar-refractivity contribution is -0.145. The smallest absolute Gasteiger partial charge is 0.317 e. The minimum Gasteiger partial charge on any atom is -0.480 e. The molecule has 0 heterocycles. The summed E-state index contributed by atoms with van der Waals surface area (Å²) in [5, 5.41) is 18.6. The fraction of sp³-hybridized carbons (Fsp3) is 0.778. The van der Waals surface area contributed by atoms with E-state index >= 15 is 0 Å². The van der Waals surface area contributed by atoms with Crippen LogP contribution in [0.25, 0.3) is 0 Å². The molecule has 1 fully saturated rings. The molecule has 10 nitrogen and oxygen atoms in total. The molecule has 0 aromatic heterocycles. The van der Waals surface area contributed by atoms with Gasteiger partial charge in [-0.1, -0.05) is 12.8 Å². The van der Waals surface area contributed by atoms with Gasteiger partial charge in [0.1, 0.15) is 0 Å². The maximum atomic E-state index is 12.2. The molecule has 28 heavy (non-hydrogen) atoms. The summed E-state index contributed by atoms with van der Waals surface area (Å²) >= 11 is 0. The first-order chi connectivity index (χ1) is 13.0. The van der Waals surface area contributed by atoms with Gasteiger partial charge in [0.05, 0.1) is 26.2 Å². The van der Waals surface area contributed by atoms with Crippen LogP contribution >= 0.6 is 0 Å². The molecule has 1 saturated carbocycles. The van der Waals surface area contributed by atoms with Crippen molar-refractivity contribution < 1.29 is 29.4 Å². The van der Waals surface area contributed by atoms with E-state index in [9.17, 15) is 29.4 Å². The van der Waals surface area contributed by atoms with E-state index in [1.165, 1.54) is 9.80 Å². The lowest BCUT2D eigenvalue weighted by Crippen LogP contribution is -2.58. The minimum atomic E-state index is -1.05. The average molecular weight is 400 g/mol. The van der Waals surface area contributed by atoms with Crippen molar-refractivity contribution in [3.63, 3.8) is 0 Å². The van der Waals surface area contributed by atoms with E-state index in [2.05, 4.69) is 0 Å². The zero-order valence-electron chi connectivity index (χ0n) is 17.1. The molecule has 0 aliphatic heterocycles. The third-order valence-corrected chi connectivity index (χ3v) is 4.98. The molecule has 10 heteroatoms. The Balaban J connectivity index is 3.13. The maximum absolute atomic E-state index is 12.2. The van der Waals surface area contributed by atoms with Crippen molar-refractivity contribution in [2.45, 2.75) is 37.8 Å². The molecule has 160 valence electrons. The Morgan fingerprint density at radius 2 is 1.00 bits per heavy atom. The molecule has 2 amide bonds. The highest BCUT2D eigenvalue weighted by Gasteiger charge is 2.37. The van der Waals surface area contributed by atoms with E-state index in [0.717, 1.165) is 12.8 Å². The van der Waals surface area contributed by atoms with Crippen LogP contribution in [-0.4, -0.2) is 120 Å². The van der Waals surface area contributed by atoms with Crippen LogP contribution in [0.2, 0.25) is 0 Å². The van der Waals surface area contributed by atoms with Gasteiger partial charge in [0.2, 0.25) is 11.8 Å². The summed E-state index contributed by atoms with van der Waals surface area (Å²) in [6.45, 7) is -0.765. The van der Waals surface area contributed by atoms with Gasteiger partial charge in [-0.2, -0.15) is 0 Å². The summed E-state index contributed by atoms with van der Waals surface area (Å²) in [6.07, 6.45) is 3.00. The molecule has 2 N–H and O–H groups in total. The molecule has 2 unspecified atom stereocenters. The summed E-state index contributed by atoms with van der Waals surface area (Å²) in [6, 6.07) is -0.633. The summed E-state index contributed by atoms with van der Waals surface area (Å²) in [5.74, 6) is -2.55. The summed E-state index contributed by atoms with van der Waals surface area (Å²) < 4.78 is 0. The van der Waals surface area contributed by atoms with Crippen LogP contribution in [-0.2, 0) is 19.2 Å². The number of nitrogens with zero attached hydrogens (tertiary/aromatic N) is 4. The Bertz CT molecular complexity index is 530. The van der Waals surface area contributed by atoms with E-state index in [-0.39, 0.29) is 50.1 Å². The predicted molar refractivity (Wildman–Crippen MR) is 102 cm³/mol. The van der Waals surface area contributed by atoms with Gasteiger partial charge >= 0.3 is 11.9 Å². The van der Waals surface area contributed by atoms with Gasteiger partial charge < -0.3 is 20.0 Å². The molecular weight excluding hydrogens is 368 g/mol. The van der Waals surface area contributed by atoms with Crippen molar-refractivity contribution >= 4 is 23.8 Å². The van der Waals surface area contributed by atoms with Crippen molar-refractivity contribution in [3.05, 3.63) is 0 Å². The molecule has 0 radical (unpaired) electrons. The number of carboxylic acids is 2. The maximum Gasteiger partial charge on any atom is 0.317 e. The highest BCUT2D eigenvalue weighted by molar-refractivity contribution is 5.79. The van der Waals surface area contributed by atoms with Crippen molar-refractivity contribution in [3.8, 4) is 0 Å². The van der Waals surface area contributed by atoms with Crippen molar-refractivity contribution in [1.82, 2.24) is 19.6 Å². The van der Waals surface area contributed by atoms with Gasteiger partial charge in [0, 0.05) is 40.3 Å². The molecule has 0 aromatic carbocycles. The highest BCUT2D eigenvalue weighted by Crippen LogP contribution is 2.27. The van der Waals surface area contributed by atoms with Crippen LogP contribution in [0.5, 0.6) is 0 Å². The van der Waals surface area contributed by atoms with Crippen molar-refractivity contribution in [2.24, 2.45) is 0 Å². The van der Waals surface area contributed by atoms with Gasteiger partial charge in [0.15, 0.2) is 0 Å². The van der Waals surface area contributed by atoms with Gasteiger partial charge in [-0.3, -0.25) is 29.0 Å². The van der Waals surface area contributed by atoms with Crippen LogP contribution in [0.15, 0.2) is 0 Å². The number of aliphatic carboxylic acids is 2. The third kappa shape index (κ3) is 7.43. The van der Waals surface area contributed by atoms with Gasteiger partial charge in [-0.15, -0.1) is 0 Å². The lowest BCUT2D eigenvalue weighted by atomic mass is 9.87. The Kier molecular flexibility index (Phi) is 9.33. The van der Waals surface area contributed by atoms with Crippen LogP contribution < -0.4 is 0 Å². The number of hydrogen-bond acceptors (Lipinski definition) is 6. The fourth-order valence-electron chi connectivity index (χ4n) is 3.50. The molecule has 0 saturated heterocycles. The third-order valence-electron chi connectivity index (χ3n) is 4.98. The first-order valence-corrected chi connectivity index (χ1v) is 9.35. The van der Waals surface area contributed by atoms with E-state index in [4.69, 9.17) is 0 Å². The predicted octanol–water partition coefficient (Wildman–Crippen LogP) is -0.753. The molecule has 0 aromatic rings. The van der Waals surface area contributed by atoms with Crippen LogP contribution in [0.1, 0.15) is 25.7 Å². The number of amides is 2. The van der Waals surface area contributed by atoms with E-state index in [0.29, 0.717) is 12.8 Å². The van der Waals surface area contributed by atoms with Crippen molar-refractivity contribution in [2.75, 3.05) is 54.4 Å². The number of likely N-dealkylation sites (N-methyl/N-ethyl adjacent to an activating group) is 2. The number of carboxylic acid groups (broad SMARTS) is 2. The average Bonchev–Trinajstić information content (AvgIpc) is 2.59. The number of rotatable bonds is 10. The van der Waals surface area contributed by atoms with Crippen LogP contribution in [0, 0.1) is 0 Å². The fourth-order valence-corrected chi connectivity index (χ4v) is 3.50. The Labute approximate surface area is 165 Å². The minimum absolute atomic E-state index is 0.0665. The lowest BCUT2D eigenvalue weighted by Gasteiger charge is -2.44. The number of carbonyl (C=O) groups excluding carboxylic acids is 2. The number of carbonyl (C=O) groups is 4. The zero-order chi connectivity index (χ0) is 21.4. The van der Waals surface area contributed by atoms with Gasteiger partial charge in [-0.05, 0) is 12.8 Å². The molecule has 1 aliphatic rings. The Hall–Kier alpha value is -2.20.